The van der Waals surface area contributed by atoms with E-state index in [0.29, 0.717) is 25.6 Å². The molecule has 2 aliphatic rings. The summed E-state index contributed by atoms with van der Waals surface area (Å²) in [6.07, 6.45) is 6.02. The largest absolute Gasteiger partial charge is 0.348 e. The molecule has 1 heterocycles. The first-order chi connectivity index (χ1) is 10.5. The molecule has 1 aliphatic carbocycles. The third kappa shape index (κ3) is 4.95. The Kier molecular flexibility index (Phi) is 6.20. The highest BCUT2D eigenvalue weighted by Crippen LogP contribution is 2.37. The first kappa shape index (κ1) is 17.2. The molecule has 1 atom stereocenters. The lowest BCUT2D eigenvalue weighted by atomic mass is 9.94. The average molecular weight is 312 g/mol. The van der Waals surface area contributed by atoms with Gasteiger partial charge in [0.2, 0.25) is 0 Å². The SMILES string of the molecule is CC(C)CCNC(=O)C(=O)NC[C@H]1COC2(CCCCC2)O1. The van der Waals surface area contributed by atoms with Gasteiger partial charge in [-0.3, -0.25) is 9.59 Å². The average Bonchev–Trinajstić information content (AvgIpc) is 2.87. The summed E-state index contributed by atoms with van der Waals surface area (Å²) in [5.41, 5.74) is 0. The van der Waals surface area contributed by atoms with Gasteiger partial charge in [0.15, 0.2) is 5.79 Å². The molecule has 0 aromatic rings. The van der Waals surface area contributed by atoms with Crippen LogP contribution in [0, 0.1) is 5.92 Å². The summed E-state index contributed by atoms with van der Waals surface area (Å²) in [5, 5.41) is 5.25. The highest BCUT2D eigenvalue weighted by molar-refractivity contribution is 6.35. The molecule has 0 aromatic carbocycles. The Morgan fingerprint density at radius 2 is 1.82 bits per heavy atom. The quantitative estimate of drug-likeness (QED) is 0.751. The van der Waals surface area contributed by atoms with Gasteiger partial charge in [-0.05, 0) is 25.2 Å². The second-order valence-electron chi connectivity index (χ2n) is 6.67. The predicted molar refractivity (Wildman–Crippen MR) is 82.1 cm³/mol. The number of carbonyl (C=O) groups is 2. The predicted octanol–water partition coefficient (Wildman–Crippen LogP) is 1.34. The van der Waals surface area contributed by atoms with E-state index in [1.165, 1.54) is 6.42 Å². The van der Waals surface area contributed by atoms with Gasteiger partial charge in [0.25, 0.3) is 0 Å². The third-order valence-corrected chi connectivity index (χ3v) is 4.23. The van der Waals surface area contributed by atoms with E-state index in [0.717, 1.165) is 32.1 Å². The number of carbonyl (C=O) groups excluding carboxylic acids is 2. The number of ether oxygens (including phenoxy) is 2. The molecule has 1 saturated heterocycles. The molecule has 2 rings (SSSR count). The highest BCUT2D eigenvalue weighted by atomic mass is 16.7. The summed E-state index contributed by atoms with van der Waals surface area (Å²) in [6, 6.07) is 0. The highest BCUT2D eigenvalue weighted by Gasteiger charge is 2.42. The van der Waals surface area contributed by atoms with Gasteiger partial charge < -0.3 is 20.1 Å². The minimum Gasteiger partial charge on any atom is -0.348 e. The van der Waals surface area contributed by atoms with E-state index < -0.39 is 17.6 Å². The van der Waals surface area contributed by atoms with E-state index in [9.17, 15) is 9.59 Å². The normalized spacial score (nSPS) is 23.7. The van der Waals surface area contributed by atoms with Crippen molar-refractivity contribution < 1.29 is 19.1 Å². The molecule has 2 fully saturated rings. The second kappa shape index (κ2) is 7.92. The van der Waals surface area contributed by atoms with Crippen molar-refractivity contribution in [2.24, 2.45) is 5.92 Å². The zero-order valence-electron chi connectivity index (χ0n) is 13.7. The van der Waals surface area contributed by atoms with Gasteiger partial charge >= 0.3 is 11.8 Å². The van der Waals surface area contributed by atoms with Gasteiger partial charge in [-0.2, -0.15) is 0 Å². The molecule has 6 heteroatoms. The summed E-state index contributed by atoms with van der Waals surface area (Å²) in [7, 11) is 0. The van der Waals surface area contributed by atoms with Gasteiger partial charge in [0, 0.05) is 25.9 Å². The van der Waals surface area contributed by atoms with Gasteiger partial charge in [-0.25, -0.2) is 0 Å². The van der Waals surface area contributed by atoms with E-state index >= 15 is 0 Å². The van der Waals surface area contributed by atoms with Gasteiger partial charge in [0.1, 0.15) is 6.10 Å². The molecule has 0 unspecified atom stereocenters. The Morgan fingerprint density at radius 1 is 1.14 bits per heavy atom. The number of amides is 2. The van der Waals surface area contributed by atoms with Crippen LogP contribution in [0.3, 0.4) is 0 Å². The van der Waals surface area contributed by atoms with Crippen LogP contribution < -0.4 is 10.6 Å². The van der Waals surface area contributed by atoms with Crippen molar-refractivity contribution in [1.29, 1.82) is 0 Å². The number of hydrogen-bond donors (Lipinski definition) is 2. The van der Waals surface area contributed by atoms with Crippen molar-refractivity contribution in [3.05, 3.63) is 0 Å². The molecule has 1 spiro atoms. The van der Waals surface area contributed by atoms with E-state index in [1.54, 1.807) is 0 Å². The summed E-state index contributed by atoms with van der Waals surface area (Å²) in [6.45, 7) is 5.47. The lowest BCUT2D eigenvalue weighted by Gasteiger charge is -2.31. The van der Waals surface area contributed by atoms with Crippen molar-refractivity contribution in [2.75, 3.05) is 19.7 Å². The van der Waals surface area contributed by atoms with Gasteiger partial charge in [-0.15, -0.1) is 0 Å². The Hall–Kier alpha value is -1.14. The third-order valence-electron chi connectivity index (χ3n) is 4.23. The Bertz CT molecular complexity index is 392. The molecule has 2 amide bonds. The fourth-order valence-electron chi connectivity index (χ4n) is 2.91. The molecule has 6 nitrogen and oxygen atoms in total. The van der Waals surface area contributed by atoms with Gasteiger partial charge in [-0.1, -0.05) is 20.3 Å². The lowest BCUT2D eigenvalue weighted by Crippen LogP contribution is -2.44. The van der Waals surface area contributed by atoms with Crippen LogP contribution in [0.25, 0.3) is 0 Å². The Morgan fingerprint density at radius 3 is 2.50 bits per heavy atom. The number of rotatable bonds is 5. The first-order valence-electron chi connectivity index (χ1n) is 8.38. The summed E-state index contributed by atoms with van der Waals surface area (Å²) >= 11 is 0. The first-order valence-corrected chi connectivity index (χ1v) is 8.38. The zero-order chi connectivity index (χ0) is 16.0. The number of hydrogen-bond acceptors (Lipinski definition) is 4. The van der Waals surface area contributed by atoms with E-state index in [1.807, 2.05) is 0 Å². The molecule has 0 bridgehead atoms. The molecule has 1 aliphatic heterocycles. The topological polar surface area (TPSA) is 76.7 Å². The maximum atomic E-state index is 11.7. The van der Waals surface area contributed by atoms with Crippen LogP contribution in [0.1, 0.15) is 52.4 Å². The fraction of sp³-hybridized carbons (Fsp3) is 0.875. The minimum atomic E-state index is -0.600. The Balaban J connectivity index is 1.65. The van der Waals surface area contributed by atoms with E-state index in [-0.39, 0.29) is 6.10 Å². The van der Waals surface area contributed by atoms with Crippen molar-refractivity contribution in [2.45, 2.75) is 64.3 Å². The van der Waals surface area contributed by atoms with E-state index in [2.05, 4.69) is 24.5 Å². The zero-order valence-corrected chi connectivity index (χ0v) is 13.7. The molecular weight excluding hydrogens is 284 g/mol. The minimum absolute atomic E-state index is 0.162. The van der Waals surface area contributed by atoms with E-state index in [4.69, 9.17) is 9.47 Å². The maximum Gasteiger partial charge on any atom is 0.309 e. The van der Waals surface area contributed by atoms with Crippen molar-refractivity contribution in [3.63, 3.8) is 0 Å². The summed E-state index contributed by atoms with van der Waals surface area (Å²) in [4.78, 5) is 23.4. The van der Waals surface area contributed by atoms with Crippen LogP contribution in [0.5, 0.6) is 0 Å². The molecule has 0 radical (unpaired) electrons. The van der Waals surface area contributed by atoms with Gasteiger partial charge in [0.05, 0.1) is 6.61 Å². The summed E-state index contributed by atoms with van der Waals surface area (Å²) < 4.78 is 11.8. The van der Waals surface area contributed by atoms with Crippen molar-refractivity contribution >= 4 is 11.8 Å². The summed E-state index contributed by atoms with van der Waals surface area (Å²) in [5.74, 6) is -1.12. The van der Waals surface area contributed by atoms with Crippen molar-refractivity contribution in [1.82, 2.24) is 10.6 Å². The molecule has 126 valence electrons. The molecule has 1 saturated carbocycles. The molecular formula is C16H28N2O4. The lowest BCUT2D eigenvalue weighted by molar-refractivity contribution is -0.186. The number of nitrogens with one attached hydrogen (secondary N) is 2. The van der Waals surface area contributed by atoms with Crippen LogP contribution in [0.2, 0.25) is 0 Å². The molecule has 2 N–H and O–H groups in total. The molecule has 22 heavy (non-hydrogen) atoms. The van der Waals surface area contributed by atoms with Crippen LogP contribution in [-0.4, -0.2) is 43.4 Å². The monoisotopic (exact) mass is 312 g/mol. The van der Waals surface area contributed by atoms with Crippen LogP contribution in [-0.2, 0) is 19.1 Å². The second-order valence-corrected chi connectivity index (χ2v) is 6.67. The maximum absolute atomic E-state index is 11.7. The van der Waals surface area contributed by atoms with Crippen LogP contribution in [0.15, 0.2) is 0 Å². The Labute approximate surface area is 132 Å². The smallest absolute Gasteiger partial charge is 0.309 e. The molecule has 0 aromatic heterocycles. The van der Waals surface area contributed by atoms with Crippen LogP contribution >= 0.6 is 0 Å². The van der Waals surface area contributed by atoms with Crippen LogP contribution in [0.4, 0.5) is 0 Å². The fourth-order valence-corrected chi connectivity index (χ4v) is 2.91. The standard InChI is InChI=1S/C16H28N2O4/c1-12(2)6-9-17-14(19)15(20)18-10-13-11-21-16(22-13)7-4-3-5-8-16/h12-13H,3-11H2,1-2H3,(H,17,19)(H,18,20)/t13-/m0/s1. The van der Waals surface area contributed by atoms with Crippen molar-refractivity contribution in [3.8, 4) is 0 Å².